The van der Waals surface area contributed by atoms with Crippen LogP contribution < -0.4 is 5.32 Å². The number of carboxylic acids is 1. The summed E-state index contributed by atoms with van der Waals surface area (Å²) in [5.41, 5.74) is -0.800. The molecule has 0 radical (unpaired) electrons. The number of piperazine rings is 1. The van der Waals surface area contributed by atoms with Gasteiger partial charge in [-0.2, -0.15) is 0 Å². The van der Waals surface area contributed by atoms with E-state index in [1.165, 1.54) is 19.4 Å². The molecule has 0 spiro atoms. The molecular weight excluding hydrogens is 242 g/mol. The standard InChI is InChI=1S/C14H27N3O2/c1-14(15-2,13(18)19)5-6-16-7-9-17(10-8-16)11-12-3-4-12/h12,15H,3-11H2,1-2H3,(H,18,19). The van der Waals surface area contributed by atoms with Crippen LogP contribution in [0.3, 0.4) is 0 Å². The van der Waals surface area contributed by atoms with Gasteiger partial charge in [0.05, 0.1) is 0 Å². The Labute approximate surface area is 115 Å². The molecule has 1 unspecified atom stereocenters. The highest BCUT2D eigenvalue weighted by atomic mass is 16.4. The van der Waals surface area contributed by atoms with Crippen molar-refractivity contribution in [1.29, 1.82) is 0 Å². The van der Waals surface area contributed by atoms with E-state index in [1.54, 1.807) is 14.0 Å². The van der Waals surface area contributed by atoms with Crippen LogP contribution in [0.1, 0.15) is 26.2 Å². The maximum atomic E-state index is 11.2. The minimum Gasteiger partial charge on any atom is -0.480 e. The van der Waals surface area contributed by atoms with Gasteiger partial charge >= 0.3 is 5.97 Å². The van der Waals surface area contributed by atoms with Gasteiger partial charge in [0.2, 0.25) is 0 Å². The van der Waals surface area contributed by atoms with Gasteiger partial charge < -0.3 is 20.2 Å². The Morgan fingerprint density at radius 2 is 1.84 bits per heavy atom. The van der Waals surface area contributed by atoms with E-state index in [1.807, 2.05) is 0 Å². The largest absolute Gasteiger partial charge is 0.480 e. The van der Waals surface area contributed by atoms with Gasteiger partial charge in [0.1, 0.15) is 5.54 Å². The van der Waals surface area contributed by atoms with Crippen LogP contribution in [0.25, 0.3) is 0 Å². The van der Waals surface area contributed by atoms with Crippen LogP contribution >= 0.6 is 0 Å². The van der Waals surface area contributed by atoms with Crippen molar-refractivity contribution in [3.05, 3.63) is 0 Å². The van der Waals surface area contributed by atoms with Crippen LogP contribution in [0.5, 0.6) is 0 Å². The number of likely N-dealkylation sites (N-methyl/N-ethyl adjacent to an activating group) is 1. The lowest BCUT2D eigenvalue weighted by Gasteiger charge is -2.36. The first-order valence-electron chi connectivity index (χ1n) is 7.40. The van der Waals surface area contributed by atoms with E-state index in [0.29, 0.717) is 6.42 Å². The number of nitrogens with one attached hydrogen (secondary N) is 1. The number of hydrogen-bond acceptors (Lipinski definition) is 4. The molecule has 110 valence electrons. The smallest absolute Gasteiger partial charge is 0.323 e. The van der Waals surface area contributed by atoms with E-state index in [0.717, 1.165) is 38.6 Å². The Bertz CT molecular complexity index is 312. The number of nitrogens with zero attached hydrogens (tertiary/aromatic N) is 2. The Morgan fingerprint density at radius 1 is 1.26 bits per heavy atom. The predicted octanol–water partition coefficient (Wildman–Crippen LogP) is 0.467. The summed E-state index contributed by atoms with van der Waals surface area (Å²) in [6.45, 7) is 8.33. The molecule has 5 nitrogen and oxygen atoms in total. The van der Waals surface area contributed by atoms with E-state index in [4.69, 9.17) is 0 Å². The first kappa shape index (κ1) is 14.8. The summed E-state index contributed by atoms with van der Waals surface area (Å²) in [7, 11) is 1.72. The third-order valence-corrected chi connectivity index (χ3v) is 4.63. The zero-order chi connectivity index (χ0) is 13.9. The molecule has 0 aromatic rings. The van der Waals surface area contributed by atoms with Crippen molar-refractivity contribution in [2.24, 2.45) is 5.92 Å². The molecule has 1 heterocycles. The summed E-state index contributed by atoms with van der Waals surface area (Å²) < 4.78 is 0. The van der Waals surface area contributed by atoms with Crippen molar-refractivity contribution >= 4 is 5.97 Å². The van der Waals surface area contributed by atoms with Crippen molar-refractivity contribution in [1.82, 2.24) is 15.1 Å². The van der Waals surface area contributed by atoms with E-state index in [9.17, 15) is 9.90 Å². The average molecular weight is 269 g/mol. The van der Waals surface area contributed by atoms with Crippen LogP contribution in [0, 0.1) is 5.92 Å². The first-order valence-corrected chi connectivity index (χ1v) is 7.40. The molecule has 5 heteroatoms. The van der Waals surface area contributed by atoms with E-state index >= 15 is 0 Å². The fourth-order valence-corrected chi connectivity index (χ4v) is 2.58. The maximum absolute atomic E-state index is 11.2. The van der Waals surface area contributed by atoms with Gasteiger partial charge in [-0.15, -0.1) is 0 Å². The van der Waals surface area contributed by atoms with Gasteiger partial charge in [-0.25, -0.2) is 0 Å². The molecule has 0 aromatic heterocycles. The lowest BCUT2D eigenvalue weighted by Crippen LogP contribution is -2.52. The minimum absolute atomic E-state index is 0.654. The Balaban J connectivity index is 1.68. The lowest BCUT2D eigenvalue weighted by molar-refractivity contribution is -0.144. The summed E-state index contributed by atoms with van der Waals surface area (Å²) in [5.74, 6) is 0.202. The highest BCUT2D eigenvalue weighted by molar-refractivity contribution is 5.78. The Morgan fingerprint density at radius 3 is 2.32 bits per heavy atom. The first-order chi connectivity index (χ1) is 9.03. The van der Waals surface area contributed by atoms with Crippen LogP contribution in [0.15, 0.2) is 0 Å². The molecule has 1 saturated carbocycles. The zero-order valence-electron chi connectivity index (χ0n) is 12.2. The molecule has 0 bridgehead atoms. The number of aliphatic carboxylic acids is 1. The molecule has 2 fully saturated rings. The zero-order valence-corrected chi connectivity index (χ0v) is 12.2. The van der Waals surface area contributed by atoms with Crippen LogP contribution in [-0.4, -0.2) is 72.7 Å². The summed E-state index contributed by atoms with van der Waals surface area (Å²) in [6, 6.07) is 0. The van der Waals surface area contributed by atoms with Crippen molar-refractivity contribution in [3.63, 3.8) is 0 Å². The van der Waals surface area contributed by atoms with Crippen LogP contribution in [0.2, 0.25) is 0 Å². The molecule has 0 amide bonds. The van der Waals surface area contributed by atoms with Gasteiger partial charge in [0.25, 0.3) is 0 Å². The van der Waals surface area contributed by atoms with Crippen LogP contribution in [0.4, 0.5) is 0 Å². The Hall–Kier alpha value is -0.650. The highest BCUT2D eigenvalue weighted by Crippen LogP contribution is 2.29. The third kappa shape index (κ3) is 4.16. The van der Waals surface area contributed by atoms with Gasteiger partial charge in [-0.05, 0) is 39.2 Å². The van der Waals surface area contributed by atoms with Gasteiger partial charge in [-0.3, -0.25) is 4.79 Å². The molecule has 2 N–H and O–H groups in total. The van der Waals surface area contributed by atoms with Gasteiger partial charge in [-0.1, -0.05) is 0 Å². The lowest BCUT2D eigenvalue weighted by atomic mass is 9.98. The molecule has 2 rings (SSSR count). The van der Waals surface area contributed by atoms with E-state index in [2.05, 4.69) is 15.1 Å². The summed E-state index contributed by atoms with van der Waals surface area (Å²) in [4.78, 5) is 16.2. The van der Waals surface area contributed by atoms with Crippen molar-refractivity contribution in [2.75, 3.05) is 46.3 Å². The van der Waals surface area contributed by atoms with Crippen molar-refractivity contribution in [2.45, 2.75) is 31.7 Å². The highest BCUT2D eigenvalue weighted by Gasteiger charge is 2.32. The maximum Gasteiger partial charge on any atom is 0.323 e. The monoisotopic (exact) mass is 269 g/mol. The second-order valence-corrected chi connectivity index (χ2v) is 6.22. The summed E-state index contributed by atoms with van der Waals surface area (Å²) in [6.07, 6.45) is 3.49. The SMILES string of the molecule is CNC(C)(CCN1CCN(CC2CC2)CC1)C(=O)O. The van der Waals surface area contributed by atoms with E-state index in [-0.39, 0.29) is 0 Å². The van der Waals surface area contributed by atoms with E-state index < -0.39 is 11.5 Å². The molecule has 1 saturated heterocycles. The normalized spacial score (nSPS) is 25.2. The summed E-state index contributed by atoms with van der Waals surface area (Å²) >= 11 is 0. The number of rotatable bonds is 7. The minimum atomic E-state index is -0.800. The van der Waals surface area contributed by atoms with Crippen molar-refractivity contribution in [3.8, 4) is 0 Å². The second-order valence-electron chi connectivity index (χ2n) is 6.22. The van der Waals surface area contributed by atoms with Gasteiger partial charge in [0.15, 0.2) is 0 Å². The Kier molecular flexibility index (Phi) is 4.81. The number of carboxylic acid groups (broad SMARTS) is 1. The van der Waals surface area contributed by atoms with Crippen LogP contribution in [-0.2, 0) is 4.79 Å². The number of carbonyl (C=O) groups is 1. The third-order valence-electron chi connectivity index (χ3n) is 4.63. The quantitative estimate of drug-likeness (QED) is 0.703. The molecule has 2 aliphatic rings. The average Bonchev–Trinajstić information content (AvgIpc) is 3.21. The molecule has 1 atom stereocenters. The fourth-order valence-electron chi connectivity index (χ4n) is 2.58. The molecule has 19 heavy (non-hydrogen) atoms. The molecule has 1 aliphatic heterocycles. The van der Waals surface area contributed by atoms with Gasteiger partial charge in [0, 0.05) is 39.3 Å². The topological polar surface area (TPSA) is 55.8 Å². The summed E-state index contributed by atoms with van der Waals surface area (Å²) in [5, 5.41) is 12.1. The fraction of sp³-hybridized carbons (Fsp3) is 0.929. The van der Waals surface area contributed by atoms with Crippen molar-refractivity contribution < 1.29 is 9.90 Å². The second kappa shape index (κ2) is 6.20. The molecule has 0 aromatic carbocycles. The number of hydrogen-bond donors (Lipinski definition) is 2. The predicted molar refractivity (Wildman–Crippen MR) is 75.3 cm³/mol. The molecular formula is C14H27N3O2. The molecule has 1 aliphatic carbocycles.